The molecule has 1 aliphatic rings. The molecular weight excluding hydrogens is 314 g/mol. The summed E-state index contributed by atoms with van der Waals surface area (Å²) in [7, 11) is 0. The molecule has 0 aliphatic carbocycles. The second-order valence-corrected chi connectivity index (χ2v) is 7.13. The lowest BCUT2D eigenvalue weighted by Crippen LogP contribution is -2.41. The summed E-state index contributed by atoms with van der Waals surface area (Å²) in [5.74, 6) is 0.830. The summed E-state index contributed by atoms with van der Waals surface area (Å²) in [4.78, 5) is 17.8. The quantitative estimate of drug-likeness (QED) is 0.843. The molecule has 25 heavy (non-hydrogen) atoms. The van der Waals surface area contributed by atoms with Gasteiger partial charge >= 0.3 is 0 Å². The molecule has 2 heterocycles. The van der Waals surface area contributed by atoms with Gasteiger partial charge in [0, 0.05) is 36.6 Å². The van der Waals surface area contributed by atoms with Crippen LogP contribution in [0.1, 0.15) is 50.5 Å². The summed E-state index contributed by atoms with van der Waals surface area (Å²) < 4.78 is 6.18. The van der Waals surface area contributed by atoms with Crippen molar-refractivity contribution in [2.75, 3.05) is 19.6 Å². The summed E-state index contributed by atoms with van der Waals surface area (Å²) in [6, 6.07) is 8.51. The molecule has 1 amide bonds. The SMILES string of the molecule is CCCNC(=O)c1cc2cc(OC3CCN(C(C)C)CC3)ccc2[nH]1. The third-order valence-electron chi connectivity index (χ3n) is 4.88. The Balaban J connectivity index is 1.64. The molecule has 1 aromatic heterocycles. The van der Waals surface area contributed by atoms with Crippen LogP contribution in [0.4, 0.5) is 0 Å². The van der Waals surface area contributed by atoms with Crippen molar-refractivity contribution in [1.29, 1.82) is 0 Å². The molecule has 0 radical (unpaired) electrons. The number of nitrogens with zero attached hydrogens (tertiary/aromatic N) is 1. The fraction of sp³-hybridized carbons (Fsp3) is 0.550. The Kier molecular flexibility index (Phi) is 5.63. The van der Waals surface area contributed by atoms with Gasteiger partial charge in [0.1, 0.15) is 17.5 Å². The summed E-state index contributed by atoms with van der Waals surface area (Å²) in [5, 5.41) is 3.91. The van der Waals surface area contributed by atoms with Gasteiger partial charge in [-0.3, -0.25) is 4.79 Å². The maximum absolute atomic E-state index is 12.1. The summed E-state index contributed by atoms with van der Waals surface area (Å²) >= 11 is 0. The molecule has 0 saturated carbocycles. The molecule has 5 nitrogen and oxygen atoms in total. The first-order valence-corrected chi connectivity index (χ1v) is 9.38. The number of aromatic nitrogens is 1. The molecule has 0 spiro atoms. The van der Waals surface area contributed by atoms with Gasteiger partial charge in [0.2, 0.25) is 0 Å². The topological polar surface area (TPSA) is 57.4 Å². The number of rotatable bonds is 6. The molecule has 1 saturated heterocycles. The Hall–Kier alpha value is -2.01. The van der Waals surface area contributed by atoms with Crippen molar-refractivity contribution in [3.63, 3.8) is 0 Å². The maximum atomic E-state index is 12.1. The Morgan fingerprint density at radius 3 is 2.76 bits per heavy atom. The molecule has 136 valence electrons. The van der Waals surface area contributed by atoms with E-state index in [9.17, 15) is 4.79 Å². The second kappa shape index (κ2) is 7.91. The lowest BCUT2D eigenvalue weighted by atomic mass is 10.1. The summed E-state index contributed by atoms with van der Waals surface area (Å²) in [5.41, 5.74) is 1.56. The Bertz CT molecular complexity index is 715. The molecule has 5 heteroatoms. The number of likely N-dealkylation sites (tertiary alicyclic amines) is 1. The van der Waals surface area contributed by atoms with Gasteiger partial charge in [-0.15, -0.1) is 0 Å². The summed E-state index contributed by atoms with van der Waals surface area (Å²) in [6.07, 6.45) is 3.33. The molecule has 0 atom stereocenters. The molecule has 0 unspecified atom stereocenters. The van der Waals surface area contributed by atoms with Gasteiger partial charge in [0.15, 0.2) is 0 Å². The van der Waals surface area contributed by atoms with Crippen LogP contribution < -0.4 is 10.1 Å². The smallest absolute Gasteiger partial charge is 0.267 e. The fourth-order valence-corrected chi connectivity index (χ4v) is 3.34. The third kappa shape index (κ3) is 4.34. The first kappa shape index (κ1) is 17.8. The van der Waals surface area contributed by atoms with Crippen LogP contribution in [0, 0.1) is 0 Å². The van der Waals surface area contributed by atoms with Crippen LogP contribution in [-0.4, -0.2) is 47.6 Å². The highest BCUT2D eigenvalue weighted by atomic mass is 16.5. The van der Waals surface area contributed by atoms with E-state index in [2.05, 4.69) is 29.0 Å². The highest BCUT2D eigenvalue weighted by Gasteiger charge is 2.22. The first-order valence-electron chi connectivity index (χ1n) is 9.38. The Morgan fingerprint density at radius 1 is 1.32 bits per heavy atom. The number of ether oxygens (including phenoxy) is 1. The number of benzene rings is 1. The van der Waals surface area contributed by atoms with Crippen LogP contribution in [0.15, 0.2) is 24.3 Å². The molecule has 1 aromatic carbocycles. The number of piperidine rings is 1. The van der Waals surface area contributed by atoms with Gasteiger partial charge in [0.05, 0.1) is 0 Å². The lowest BCUT2D eigenvalue weighted by molar-refractivity contribution is 0.0844. The van der Waals surface area contributed by atoms with Crippen molar-refractivity contribution in [3.05, 3.63) is 30.0 Å². The number of amides is 1. The molecular formula is C20H29N3O2. The standard InChI is InChI=1S/C20H29N3O2/c1-4-9-21-20(24)19-13-15-12-17(5-6-18(15)22-19)25-16-7-10-23(11-8-16)14(2)3/h5-6,12-14,16,22H,4,7-11H2,1-3H3,(H,21,24). The third-order valence-corrected chi connectivity index (χ3v) is 4.88. The van der Waals surface area contributed by atoms with E-state index in [1.807, 2.05) is 31.2 Å². The number of aromatic amines is 1. The van der Waals surface area contributed by atoms with E-state index < -0.39 is 0 Å². The van der Waals surface area contributed by atoms with E-state index in [-0.39, 0.29) is 12.0 Å². The maximum Gasteiger partial charge on any atom is 0.267 e. The number of carbonyl (C=O) groups excluding carboxylic acids is 1. The zero-order valence-corrected chi connectivity index (χ0v) is 15.5. The number of hydrogen-bond donors (Lipinski definition) is 2. The van der Waals surface area contributed by atoms with Crippen LogP contribution in [-0.2, 0) is 0 Å². The highest BCUT2D eigenvalue weighted by molar-refractivity contribution is 5.98. The zero-order chi connectivity index (χ0) is 17.8. The fourth-order valence-electron chi connectivity index (χ4n) is 3.34. The van der Waals surface area contributed by atoms with Crippen molar-refractivity contribution in [2.24, 2.45) is 0 Å². The van der Waals surface area contributed by atoms with Gasteiger partial charge in [0.25, 0.3) is 5.91 Å². The number of hydrogen-bond acceptors (Lipinski definition) is 3. The number of nitrogens with one attached hydrogen (secondary N) is 2. The van der Waals surface area contributed by atoms with E-state index in [0.717, 1.165) is 49.0 Å². The Morgan fingerprint density at radius 2 is 2.08 bits per heavy atom. The largest absolute Gasteiger partial charge is 0.490 e. The van der Waals surface area contributed by atoms with Crippen LogP contribution in [0.3, 0.4) is 0 Å². The minimum Gasteiger partial charge on any atom is -0.490 e. The van der Waals surface area contributed by atoms with E-state index >= 15 is 0 Å². The molecule has 0 bridgehead atoms. The van der Waals surface area contributed by atoms with Gasteiger partial charge < -0.3 is 19.9 Å². The summed E-state index contributed by atoms with van der Waals surface area (Å²) in [6.45, 7) is 9.41. The van der Waals surface area contributed by atoms with Crippen molar-refractivity contribution in [3.8, 4) is 5.75 Å². The monoisotopic (exact) mass is 343 g/mol. The lowest BCUT2D eigenvalue weighted by Gasteiger charge is -2.34. The van der Waals surface area contributed by atoms with E-state index in [1.165, 1.54) is 0 Å². The van der Waals surface area contributed by atoms with E-state index in [1.54, 1.807) is 0 Å². The zero-order valence-electron chi connectivity index (χ0n) is 15.5. The number of carbonyl (C=O) groups is 1. The predicted octanol–water partition coefficient (Wildman–Crippen LogP) is 3.56. The van der Waals surface area contributed by atoms with Gasteiger partial charge in [-0.25, -0.2) is 0 Å². The minimum absolute atomic E-state index is 0.0541. The molecule has 1 fully saturated rings. The average molecular weight is 343 g/mol. The normalized spacial score (nSPS) is 16.5. The van der Waals surface area contributed by atoms with Crippen LogP contribution in [0.5, 0.6) is 5.75 Å². The predicted molar refractivity (Wildman–Crippen MR) is 101 cm³/mol. The van der Waals surface area contributed by atoms with Crippen molar-refractivity contribution < 1.29 is 9.53 Å². The average Bonchev–Trinajstić information content (AvgIpc) is 3.03. The van der Waals surface area contributed by atoms with Gasteiger partial charge in [-0.1, -0.05) is 6.92 Å². The number of H-pyrrole nitrogens is 1. The van der Waals surface area contributed by atoms with Crippen LogP contribution in [0.25, 0.3) is 10.9 Å². The van der Waals surface area contributed by atoms with Crippen molar-refractivity contribution >= 4 is 16.8 Å². The highest BCUT2D eigenvalue weighted by Crippen LogP contribution is 2.25. The van der Waals surface area contributed by atoms with Gasteiger partial charge in [-0.2, -0.15) is 0 Å². The molecule has 2 N–H and O–H groups in total. The van der Waals surface area contributed by atoms with Crippen molar-refractivity contribution in [1.82, 2.24) is 15.2 Å². The minimum atomic E-state index is -0.0541. The van der Waals surface area contributed by atoms with Crippen LogP contribution >= 0.6 is 0 Å². The van der Waals surface area contributed by atoms with E-state index in [4.69, 9.17) is 4.74 Å². The molecule has 2 aromatic rings. The number of fused-ring (bicyclic) bond motifs is 1. The van der Waals surface area contributed by atoms with Crippen molar-refractivity contribution in [2.45, 2.75) is 52.2 Å². The molecule has 1 aliphatic heterocycles. The van der Waals surface area contributed by atoms with E-state index in [0.29, 0.717) is 18.3 Å². The van der Waals surface area contributed by atoms with Crippen LogP contribution in [0.2, 0.25) is 0 Å². The second-order valence-electron chi connectivity index (χ2n) is 7.13. The Labute approximate surface area is 149 Å². The van der Waals surface area contributed by atoms with Gasteiger partial charge in [-0.05, 0) is 57.4 Å². The first-order chi connectivity index (χ1) is 12.1. The molecule has 3 rings (SSSR count).